The summed E-state index contributed by atoms with van der Waals surface area (Å²) in [6, 6.07) is 7.78. The van der Waals surface area contributed by atoms with Crippen LogP contribution in [-0.2, 0) is 4.79 Å². The van der Waals surface area contributed by atoms with Crippen molar-refractivity contribution in [3.05, 3.63) is 29.8 Å². The first kappa shape index (κ1) is 12.7. The van der Waals surface area contributed by atoms with Gasteiger partial charge in [-0.25, -0.2) is 0 Å². The van der Waals surface area contributed by atoms with Gasteiger partial charge in [-0.15, -0.1) is 0 Å². The van der Waals surface area contributed by atoms with Crippen molar-refractivity contribution in [3.63, 3.8) is 0 Å². The summed E-state index contributed by atoms with van der Waals surface area (Å²) in [5.74, 6) is 0.0714. The topological polar surface area (TPSA) is 40.5 Å². The van der Waals surface area contributed by atoms with Crippen molar-refractivity contribution in [2.45, 2.75) is 26.7 Å². The van der Waals surface area contributed by atoms with Crippen molar-refractivity contribution in [1.82, 2.24) is 0 Å². The molecule has 0 aromatic heterocycles. The maximum Gasteiger partial charge on any atom is 0.227 e. The lowest BCUT2D eigenvalue weighted by molar-refractivity contribution is -0.118. The number of benzene rings is 1. The average Bonchev–Trinajstić information content (AvgIpc) is 2.26. The highest BCUT2D eigenvalue weighted by Crippen LogP contribution is 2.17. The van der Waals surface area contributed by atoms with Crippen LogP contribution in [0.4, 0.5) is 5.69 Å². The lowest BCUT2D eigenvalue weighted by atomic mass is 10.2. The Morgan fingerprint density at radius 3 is 2.75 bits per heavy atom. The fraction of sp³-hybridized carbons (Fsp3) is 0.462. The van der Waals surface area contributed by atoms with Crippen molar-refractivity contribution in [3.8, 4) is 0 Å². The number of anilines is 1. The van der Waals surface area contributed by atoms with Gasteiger partial charge in [-0.05, 0) is 31.0 Å². The van der Waals surface area contributed by atoms with Crippen LogP contribution in [0.5, 0.6) is 0 Å². The van der Waals surface area contributed by atoms with Crippen molar-refractivity contribution < 1.29 is 9.90 Å². The SMILES string of the molecule is CCCC(=O)N(CCO)c1cccc(C)c1. The van der Waals surface area contributed by atoms with Crippen LogP contribution in [0.1, 0.15) is 25.3 Å². The van der Waals surface area contributed by atoms with Crippen LogP contribution < -0.4 is 4.90 Å². The molecule has 88 valence electrons. The molecule has 0 spiro atoms. The second-order valence-electron chi connectivity index (χ2n) is 3.86. The number of hydrogen-bond donors (Lipinski definition) is 1. The smallest absolute Gasteiger partial charge is 0.227 e. The van der Waals surface area contributed by atoms with Crippen molar-refractivity contribution in [2.75, 3.05) is 18.1 Å². The first-order valence-corrected chi connectivity index (χ1v) is 5.67. The summed E-state index contributed by atoms with van der Waals surface area (Å²) in [6.45, 7) is 4.32. The van der Waals surface area contributed by atoms with Gasteiger partial charge >= 0.3 is 0 Å². The van der Waals surface area contributed by atoms with Crippen LogP contribution >= 0.6 is 0 Å². The maximum absolute atomic E-state index is 11.9. The van der Waals surface area contributed by atoms with Gasteiger partial charge in [0.1, 0.15) is 0 Å². The van der Waals surface area contributed by atoms with Crippen LogP contribution in [0.2, 0.25) is 0 Å². The Kier molecular flexibility index (Phi) is 4.99. The zero-order chi connectivity index (χ0) is 12.0. The van der Waals surface area contributed by atoms with E-state index in [0.29, 0.717) is 13.0 Å². The summed E-state index contributed by atoms with van der Waals surface area (Å²) >= 11 is 0. The normalized spacial score (nSPS) is 10.2. The zero-order valence-electron chi connectivity index (χ0n) is 9.94. The molecule has 0 atom stereocenters. The van der Waals surface area contributed by atoms with E-state index < -0.39 is 0 Å². The predicted octanol–water partition coefficient (Wildman–Crippen LogP) is 2.12. The van der Waals surface area contributed by atoms with Gasteiger partial charge in [-0.2, -0.15) is 0 Å². The fourth-order valence-electron chi connectivity index (χ4n) is 1.64. The number of carbonyl (C=O) groups is 1. The third-order valence-corrected chi connectivity index (χ3v) is 2.40. The molecule has 3 nitrogen and oxygen atoms in total. The largest absolute Gasteiger partial charge is 0.395 e. The molecular weight excluding hydrogens is 202 g/mol. The molecule has 16 heavy (non-hydrogen) atoms. The molecule has 1 amide bonds. The maximum atomic E-state index is 11.9. The Balaban J connectivity index is 2.88. The van der Waals surface area contributed by atoms with E-state index in [1.165, 1.54) is 0 Å². The van der Waals surface area contributed by atoms with E-state index in [1.54, 1.807) is 4.90 Å². The number of aryl methyl sites for hydroxylation is 1. The Hall–Kier alpha value is -1.35. The summed E-state index contributed by atoms with van der Waals surface area (Å²) in [7, 11) is 0. The molecule has 0 unspecified atom stereocenters. The van der Waals surface area contributed by atoms with E-state index in [1.807, 2.05) is 38.1 Å². The van der Waals surface area contributed by atoms with Gasteiger partial charge in [-0.3, -0.25) is 4.79 Å². The number of aliphatic hydroxyl groups is 1. The molecule has 0 saturated carbocycles. The molecule has 1 N–H and O–H groups in total. The van der Waals surface area contributed by atoms with E-state index in [-0.39, 0.29) is 12.5 Å². The van der Waals surface area contributed by atoms with E-state index in [4.69, 9.17) is 5.11 Å². The molecule has 1 aromatic carbocycles. The van der Waals surface area contributed by atoms with Gasteiger partial charge in [0.2, 0.25) is 5.91 Å². The van der Waals surface area contributed by atoms with Crippen molar-refractivity contribution in [1.29, 1.82) is 0 Å². The lowest BCUT2D eigenvalue weighted by Gasteiger charge is -2.22. The van der Waals surface area contributed by atoms with Crippen LogP contribution in [0.15, 0.2) is 24.3 Å². The lowest BCUT2D eigenvalue weighted by Crippen LogP contribution is -2.33. The van der Waals surface area contributed by atoms with Gasteiger partial charge < -0.3 is 10.0 Å². The number of carbonyl (C=O) groups excluding carboxylic acids is 1. The highest BCUT2D eigenvalue weighted by atomic mass is 16.3. The minimum Gasteiger partial charge on any atom is -0.395 e. The highest BCUT2D eigenvalue weighted by molar-refractivity contribution is 5.93. The van der Waals surface area contributed by atoms with Gasteiger partial charge in [0.25, 0.3) is 0 Å². The average molecular weight is 221 g/mol. The number of rotatable bonds is 5. The first-order chi connectivity index (χ1) is 7.69. The van der Waals surface area contributed by atoms with E-state index >= 15 is 0 Å². The zero-order valence-corrected chi connectivity index (χ0v) is 9.94. The number of nitrogens with zero attached hydrogens (tertiary/aromatic N) is 1. The quantitative estimate of drug-likeness (QED) is 0.827. The predicted molar refractivity (Wildman–Crippen MR) is 65.5 cm³/mol. The summed E-state index contributed by atoms with van der Waals surface area (Å²) < 4.78 is 0. The van der Waals surface area contributed by atoms with Crippen LogP contribution in [0, 0.1) is 6.92 Å². The second kappa shape index (κ2) is 6.28. The molecule has 0 heterocycles. The molecule has 3 heteroatoms. The van der Waals surface area contributed by atoms with E-state index in [0.717, 1.165) is 17.7 Å². The summed E-state index contributed by atoms with van der Waals surface area (Å²) in [5.41, 5.74) is 1.98. The van der Waals surface area contributed by atoms with Gasteiger partial charge in [0.05, 0.1) is 6.61 Å². The first-order valence-electron chi connectivity index (χ1n) is 5.67. The highest BCUT2D eigenvalue weighted by Gasteiger charge is 2.13. The Morgan fingerprint density at radius 2 is 2.19 bits per heavy atom. The van der Waals surface area contributed by atoms with Crippen LogP contribution in [0.3, 0.4) is 0 Å². The number of amides is 1. The van der Waals surface area contributed by atoms with Gasteiger partial charge in [0.15, 0.2) is 0 Å². The fourth-order valence-corrected chi connectivity index (χ4v) is 1.64. The molecule has 1 aromatic rings. The van der Waals surface area contributed by atoms with Crippen molar-refractivity contribution in [2.24, 2.45) is 0 Å². The van der Waals surface area contributed by atoms with Crippen molar-refractivity contribution >= 4 is 11.6 Å². The molecule has 0 aliphatic rings. The molecule has 0 aliphatic carbocycles. The van der Waals surface area contributed by atoms with E-state index in [2.05, 4.69) is 0 Å². The van der Waals surface area contributed by atoms with Crippen LogP contribution in [-0.4, -0.2) is 24.2 Å². The van der Waals surface area contributed by atoms with Crippen LogP contribution in [0.25, 0.3) is 0 Å². The Bertz CT molecular complexity index is 350. The van der Waals surface area contributed by atoms with Gasteiger partial charge in [0, 0.05) is 18.7 Å². The second-order valence-corrected chi connectivity index (χ2v) is 3.86. The van der Waals surface area contributed by atoms with E-state index in [9.17, 15) is 4.79 Å². The Labute approximate surface area is 96.7 Å². The summed E-state index contributed by atoms with van der Waals surface area (Å²) in [5, 5.41) is 8.99. The molecule has 0 bridgehead atoms. The minimum absolute atomic E-state index is 0.0105. The molecule has 0 saturated heterocycles. The van der Waals surface area contributed by atoms with Gasteiger partial charge in [-0.1, -0.05) is 19.1 Å². The minimum atomic E-state index is -0.0105. The molecular formula is C13H19NO2. The molecule has 0 radical (unpaired) electrons. The number of aliphatic hydroxyl groups excluding tert-OH is 1. The standard InChI is InChI=1S/C13H19NO2/c1-3-5-13(16)14(8-9-15)12-7-4-6-11(2)10-12/h4,6-7,10,15H,3,5,8-9H2,1-2H3. The molecule has 1 rings (SSSR count). The summed E-state index contributed by atoms with van der Waals surface area (Å²) in [6.07, 6.45) is 1.35. The Morgan fingerprint density at radius 1 is 1.44 bits per heavy atom. The number of hydrogen-bond acceptors (Lipinski definition) is 2. The molecule has 0 fully saturated rings. The molecule has 0 aliphatic heterocycles. The monoisotopic (exact) mass is 221 g/mol. The third kappa shape index (κ3) is 3.35. The summed E-state index contributed by atoms with van der Waals surface area (Å²) in [4.78, 5) is 13.5. The third-order valence-electron chi connectivity index (χ3n) is 2.40.